The first-order valence-electron chi connectivity index (χ1n) is 10.4. The van der Waals surface area contributed by atoms with Gasteiger partial charge in [0.05, 0.1) is 12.6 Å². The molecule has 0 fully saturated rings. The van der Waals surface area contributed by atoms with Gasteiger partial charge in [-0.2, -0.15) is 0 Å². The van der Waals surface area contributed by atoms with Gasteiger partial charge >= 0.3 is 0 Å². The van der Waals surface area contributed by atoms with Gasteiger partial charge in [0.2, 0.25) is 5.91 Å². The Morgan fingerprint density at radius 1 is 0.793 bits per heavy atom. The molecule has 3 nitrogen and oxygen atoms in total. The van der Waals surface area contributed by atoms with E-state index in [1.165, 1.54) is 16.7 Å². The van der Waals surface area contributed by atoms with Crippen LogP contribution < -0.4 is 10.6 Å². The number of aryl methyl sites for hydroxylation is 3. The van der Waals surface area contributed by atoms with Crippen molar-refractivity contribution in [3.8, 4) is 0 Å². The van der Waals surface area contributed by atoms with Gasteiger partial charge in [-0.1, -0.05) is 92.2 Å². The Morgan fingerprint density at radius 2 is 1.38 bits per heavy atom. The van der Waals surface area contributed by atoms with Gasteiger partial charge in [-0.15, -0.1) is 0 Å². The van der Waals surface area contributed by atoms with Gasteiger partial charge < -0.3 is 5.32 Å². The van der Waals surface area contributed by atoms with Crippen molar-refractivity contribution in [3.63, 3.8) is 0 Å². The van der Waals surface area contributed by atoms with Gasteiger partial charge in [0, 0.05) is 5.69 Å². The lowest BCUT2D eigenvalue weighted by Crippen LogP contribution is -2.32. The summed E-state index contributed by atoms with van der Waals surface area (Å²) in [4.78, 5) is 12.8. The van der Waals surface area contributed by atoms with Crippen LogP contribution in [0.3, 0.4) is 0 Å². The number of rotatable bonds is 8. The zero-order valence-corrected chi connectivity index (χ0v) is 17.5. The summed E-state index contributed by atoms with van der Waals surface area (Å²) in [5.41, 5.74) is 6.84. The normalized spacial score (nSPS) is 11.8. The van der Waals surface area contributed by atoms with Crippen molar-refractivity contribution >= 4 is 11.6 Å². The second-order valence-corrected chi connectivity index (χ2v) is 7.34. The van der Waals surface area contributed by atoms with E-state index in [9.17, 15) is 4.79 Å². The van der Waals surface area contributed by atoms with Crippen LogP contribution in [0.15, 0.2) is 72.8 Å². The summed E-state index contributed by atoms with van der Waals surface area (Å²) in [7, 11) is 0. The summed E-state index contributed by atoms with van der Waals surface area (Å²) >= 11 is 0. The van der Waals surface area contributed by atoms with Gasteiger partial charge in [-0.3, -0.25) is 10.1 Å². The van der Waals surface area contributed by atoms with Crippen molar-refractivity contribution in [3.05, 3.63) is 101 Å². The van der Waals surface area contributed by atoms with Crippen molar-refractivity contribution in [2.24, 2.45) is 0 Å². The molecule has 3 rings (SSSR count). The third-order valence-electron chi connectivity index (χ3n) is 5.27. The Kier molecular flexibility index (Phi) is 7.20. The van der Waals surface area contributed by atoms with Crippen LogP contribution in [0.25, 0.3) is 0 Å². The topological polar surface area (TPSA) is 41.1 Å². The van der Waals surface area contributed by atoms with Crippen LogP contribution in [0.4, 0.5) is 5.69 Å². The molecule has 1 amide bonds. The van der Waals surface area contributed by atoms with Gasteiger partial charge in [-0.25, -0.2) is 0 Å². The van der Waals surface area contributed by atoms with E-state index >= 15 is 0 Å². The third-order valence-corrected chi connectivity index (χ3v) is 5.27. The number of hydrogen-bond acceptors (Lipinski definition) is 2. The average molecular weight is 387 g/mol. The Hall–Kier alpha value is -2.91. The molecule has 0 aliphatic carbocycles. The molecule has 0 saturated heterocycles. The van der Waals surface area contributed by atoms with E-state index in [2.05, 4.69) is 86.0 Å². The van der Waals surface area contributed by atoms with E-state index in [1.807, 2.05) is 18.2 Å². The molecule has 2 N–H and O–H groups in total. The first kappa shape index (κ1) is 20.8. The number of carbonyl (C=O) groups is 1. The molecule has 0 radical (unpaired) electrons. The standard InChI is InChI=1S/C26H30N2O/c1-4-20-12-9-13-21(5-2)26(20)28-24(29)18-27-25(22-10-7-6-8-11-22)23-16-14-19(3)15-17-23/h6-17,25,27H,4-5,18H2,1-3H3,(H,28,29)/t25-/m1/s1. The summed E-state index contributed by atoms with van der Waals surface area (Å²) in [5.74, 6) is -0.0198. The van der Waals surface area contributed by atoms with Gasteiger partial charge in [0.1, 0.15) is 0 Å². The molecule has 3 aromatic carbocycles. The number of amides is 1. The van der Waals surface area contributed by atoms with Crippen LogP contribution in [0.2, 0.25) is 0 Å². The minimum atomic E-state index is -0.0328. The molecule has 1 atom stereocenters. The number of para-hydroxylation sites is 1. The molecule has 0 saturated carbocycles. The molecule has 29 heavy (non-hydrogen) atoms. The largest absolute Gasteiger partial charge is 0.324 e. The van der Waals surface area contributed by atoms with Crippen molar-refractivity contribution in [2.75, 3.05) is 11.9 Å². The number of nitrogens with one attached hydrogen (secondary N) is 2. The van der Waals surface area contributed by atoms with E-state index < -0.39 is 0 Å². The quantitative estimate of drug-likeness (QED) is 0.541. The Bertz CT molecular complexity index is 910. The fourth-order valence-corrected chi connectivity index (χ4v) is 3.61. The highest BCUT2D eigenvalue weighted by Gasteiger charge is 2.16. The first-order chi connectivity index (χ1) is 14.1. The maximum Gasteiger partial charge on any atom is 0.238 e. The second kappa shape index (κ2) is 10.0. The van der Waals surface area contributed by atoms with Crippen LogP contribution in [0.1, 0.15) is 47.7 Å². The molecular weight excluding hydrogens is 356 g/mol. The van der Waals surface area contributed by atoms with E-state index in [4.69, 9.17) is 0 Å². The van der Waals surface area contributed by atoms with Crippen LogP contribution in [0, 0.1) is 6.92 Å². The predicted octanol–water partition coefficient (Wildman–Crippen LogP) is 5.44. The number of hydrogen-bond donors (Lipinski definition) is 2. The smallest absolute Gasteiger partial charge is 0.238 e. The molecule has 0 spiro atoms. The molecule has 0 aliphatic rings. The zero-order valence-electron chi connectivity index (χ0n) is 17.5. The summed E-state index contributed by atoms with van der Waals surface area (Å²) < 4.78 is 0. The highest BCUT2D eigenvalue weighted by atomic mass is 16.1. The Balaban J connectivity index is 1.76. The van der Waals surface area contributed by atoms with E-state index in [0.717, 1.165) is 29.7 Å². The molecule has 0 heterocycles. The molecule has 0 aliphatic heterocycles. The van der Waals surface area contributed by atoms with E-state index in [0.29, 0.717) is 0 Å². The van der Waals surface area contributed by atoms with Crippen LogP contribution in [0.5, 0.6) is 0 Å². The summed E-state index contributed by atoms with van der Waals surface area (Å²) in [5, 5.41) is 6.60. The van der Waals surface area contributed by atoms with Crippen molar-refractivity contribution in [1.29, 1.82) is 0 Å². The maximum atomic E-state index is 12.8. The lowest BCUT2D eigenvalue weighted by Gasteiger charge is -2.21. The monoisotopic (exact) mass is 386 g/mol. The molecule has 3 aromatic rings. The van der Waals surface area contributed by atoms with Gasteiger partial charge in [0.15, 0.2) is 0 Å². The van der Waals surface area contributed by atoms with Crippen LogP contribution in [-0.2, 0) is 17.6 Å². The maximum absolute atomic E-state index is 12.8. The summed E-state index contributed by atoms with van der Waals surface area (Å²) in [6.45, 7) is 6.56. The van der Waals surface area contributed by atoms with Crippen LogP contribution in [-0.4, -0.2) is 12.5 Å². The lowest BCUT2D eigenvalue weighted by molar-refractivity contribution is -0.115. The number of benzene rings is 3. The molecule has 3 heteroatoms. The number of anilines is 1. The molecule has 150 valence electrons. The highest BCUT2D eigenvalue weighted by Crippen LogP contribution is 2.24. The first-order valence-corrected chi connectivity index (χ1v) is 10.4. The van der Waals surface area contributed by atoms with E-state index in [1.54, 1.807) is 0 Å². The molecule has 0 unspecified atom stereocenters. The fraction of sp³-hybridized carbons (Fsp3) is 0.269. The SMILES string of the molecule is CCc1cccc(CC)c1NC(=O)CN[C@H](c1ccccc1)c1ccc(C)cc1. The van der Waals surface area contributed by atoms with Gasteiger partial charge in [0.25, 0.3) is 0 Å². The van der Waals surface area contributed by atoms with E-state index in [-0.39, 0.29) is 18.5 Å². The Labute approximate surface area is 174 Å². The van der Waals surface area contributed by atoms with Crippen molar-refractivity contribution in [1.82, 2.24) is 5.32 Å². The zero-order chi connectivity index (χ0) is 20.6. The molecular formula is C26H30N2O. The summed E-state index contributed by atoms with van der Waals surface area (Å²) in [6.07, 6.45) is 1.79. The minimum absolute atomic E-state index is 0.0198. The fourth-order valence-electron chi connectivity index (χ4n) is 3.61. The predicted molar refractivity (Wildman–Crippen MR) is 121 cm³/mol. The molecule has 0 bridgehead atoms. The van der Waals surface area contributed by atoms with Crippen LogP contribution >= 0.6 is 0 Å². The number of carbonyl (C=O) groups excluding carboxylic acids is 1. The minimum Gasteiger partial charge on any atom is -0.324 e. The van der Waals surface area contributed by atoms with Crippen molar-refractivity contribution < 1.29 is 4.79 Å². The third kappa shape index (κ3) is 5.33. The average Bonchev–Trinajstić information content (AvgIpc) is 2.76. The second-order valence-electron chi connectivity index (χ2n) is 7.34. The molecule has 0 aromatic heterocycles. The highest BCUT2D eigenvalue weighted by molar-refractivity contribution is 5.94. The van der Waals surface area contributed by atoms with Crippen molar-refractivity contribution in [2.45, 2.75) is 39.7 Å². The lowest BCUT2D eigenvalue weighted by atomic mass is 9.98. The van der Waals surface area contributed by atoms with Gasteiger partial charge in [-0.05, 0) is 42.0 Å². The Morgan fingerprint density at radius 3 is 1.97 bits per heavy atom. The summed E-state index contributed by atoms with van der Waals surface area (Å²) in [6, 6.07) is 24.9.